The van der Waals surface area contributed by atoms with Crippen molar-refractivity contribution < 1.29 is 13.9 Å². The third-order valence-electron chi connectivity index (χ3n) is 3.39. The molecule has 1 fully saturated rings. The summed E-state index contributed by atoms with van der Waals surface area (Å²) in [6.45, 7) is 5.73. The van der Waals surface area contributed by atoms with Crippen LogP contribution in [0.2, 0.25) is 0 Å². The minimum Gasteiger partial charge on any atom is -0.379 e. The molecule has 4 nitrogen and oxygen atoms in total. The van der Waals surface area contributed by atoms with Gasteiger partial charge in [0.05, 0.1) is 23.2 Å². The molecule has 1 N–H and O–H groups in total. The van der Waals surface area contributed by atoms with E-state index in [-0.39, 0.29) is 10.4 Å². The van der Waals surface area contributed by atoms with Gasteiger partial charge in [-0.15, -0.1) is 0 Å². The Hall–Kier alpha value is -0.980. The van der Waals surface area contributed by atoms with Crippen LogP contribution in [0, 0.1) is 5.82 Å². The summed E-state index contributed by atoms with van der Waals surface area (Å²) in [5, 5.41) is 2.82. The lowest BCUT2D eigenvalue weighted by Crippen LogP contribution is -2.46. The van der Waals surface area contributed by atoms with Crippen LogP contribution in [0.25, 0.3) is 0 Å². The van der Waals surface area contributed by atoms with Crippen LogP contribution in [-0.4, -0.2) is 49.7 Å². The molecule has 0 bridgehead atoms. The number of nitrogens with zero attached hydrogens (tertiary/aromatic N) is 1. The lowest BCUT2D eigenvalue weighted by molar-refractivity contribution is 0.000539. The third-order valence-corrected chi connectivity index (χ3v) is 4.19. The van der Waals surface area contributed by atoms with Crippen molar-refractivity contribution in [3.8, 4) is 0 Å². The predicted molar refractivity (Wildman–Crippen MR) is 78.3 cm³/mol. The fourth-order valence-electron chi connectivity index (χ4n) is 2.18. The number of morpholine rings is 1. The van der Waals surface area contributed by atoms with Crippen LogP contribution >= 0.6 is 15.9 Å². The Kier molecular flexibility index (Phi) is 5.51. The number of benzene rings is 1. The Balaban J connectivity index is 1.84. The van der Waals surface area contributed by atoms with Crippen LogP contribution in [-0.2, 0) is 4.74 Å². The van der Waals surface area contributed by atoms with Crippen molar-refractivity contribution in [1.29, 1.82) is 0 Å². The molecular weight excluding hydrogens is 327 g/mol. The molecule has 1 amide bonds. The van der Waals surface area contributed by atoms with Crippen LogP contribution in [0.1, 0.15) is 17.3 Å². The van der Waals surface area contributed by atoms with E-state index < -0.39 is 5.82 Å². The van der Waals surface area contributed by atoms with Gasteiger partial charge in [0.2, 0.25) is 0 Å². The first-order chi connectivity index (χ1) is 9.59. The Morgan fingerprint density at radius 1 is 1.60 bits per heavy atom. The number of hydrogen-bond acceptors (Lipinski definition) is 3. The van der Waals surface area contributed by atoms with Crippen molar-refractivity contribution in [2.24, 2.45) is 0 Å². The topological polar surface area (TPSA) is 41.6 Å². The maximum Gasteiger partial charge on any atom is 0.252 e. The van der Waals surface area contributed by atoms with E-state index in [1.54, 1.807) is 6.07 Å². The lowest BCUT2D eigenvalue weighted by atomic mass is 10.2. The highest BCUT2D eigenvalue weighted by molar-refractivity contribution is 9.10. The summed E-state index contributed by atoms with van der Waals surface area (Å²) in [5.41, 5.74) is 0.319. The summed E-state index contributed by atoms with van der Waals surface area (Å²) in [4.78, 5) is 14.3. The summed E-state index contributed by atoms with van der Waals surface area (Å²) in [7, 11) is 0. The molecule has 1 atom stereocenters. The Morgan fingerprint density at radius 2 is 2.40 bits per heavy atom. The zero-order valence-corrected chi connectivity index (χ0v) is 13.0. The van der Waals surface area contributed by atoms with E-state index in [1.165, 1.54) is 12.1 Å². The van der Waals surface area contributed by atoms with E-state index in [2.05, 4.69) is 33.1 Å². The van der Waals surface area contributed by atoms with Crippen LogP contribution < -0.4 is 5.32 Å². The quantitative estimate of drug-likeness (QED) is 0.908. The first-order valence-corrected chi connectivity index (χ1v) is 7.43. The molecule has 0 spiro atoms. The number of nitrogens with one attached hydrogen (secondary N) is 1. The monoisotopic (exact) mass is 344 g/mol. The van der Waals surface area contributed by atoms with Crippen molar-refractivity contribution in [3.63, 3.8) is 0 Å². The fraction of sp³-hybridized carbons (Fsp3) is 0.500. The predicted octanol–water partition coefficient (Wildman–Crippen LogP) is 2.04. The van der Waals surface area contributed by atoms with Crippen molar-refractivity contribution in [3.05, 3.63) is 34.1 Å². The lowest BCUT2D eigenvalue weighted by Gasteiger charge is -2.33. The summed E-state index contributed by atoms with van der Waals surface area (Å²) in [6.07, 6.45) is 0. The highest BCUT2D eigenvalue weighted by Crippen LogP contribution is 2.20. The number of carbonyl (C=O) groups is 1. The maximum absolute atomic E-state index is 13.4. The molecule has 1 heterocycles. The fourth-order valence-corrected chi connectivity index (χ4v) is 2.63. The summed E-state index contributed by atoms with van der Waals surface area (Å²) in [6, 6.07) is 4.80. The maximum atomic E-state index is 13.4. The number of amides is 1. The summed E-state index contributed by atoms with van der Waals surface area (Å²) in [5.74, 6) is -0.697. The van der Waals surface area contributed by atoms with Crippen LogP contribution in [0.15, 0.2) is 22.7 Å². The van der Waals surface area contributed by atoms with E-state index >= 15 is 0 Å². The zero-order valence-electron chi connectivity index (χ0n) is 11.4. The van der Waals surface area contributed by atoms with Crippen molar-refractivity contribution in [1.82, 2.24) is 10.2 Å². The molecule has 0 saturated carbocycles. The second kappa shape index (κ2) is 7.15. The van der Waals surface area contributed by atoms with E-state index in [1.807, 2.05) is 0 Å². The molecule has 6 heteroatoms. The highest BCUT2D eigenvalue weighted by Gasteiger charge is 2.18. The number of rotatable bonds is 4. The van der Waals surface area contributed by atoms with Gasteiger partial charge in [-0.1, -0.05) is 6.07 Å². The molecule has 0 radical (unpaired) electrons. The highest BCUT2D eigenvalue weighted by atomic mass is 79.9. The molecule has 0 aromatic heterocycles. The van der Waals surface area contributed by atoms with Crippen LogP contribution in [0.3, 0.4) is 0 Å². The standard InChI is InChI=1S/C14H18BrFN2O2/c1-10-9-20-8-7-18(10)6-5-17-14(19)11-3-2-4-12(16)13(11)15/h2-4,10H,5-9H2,1H3,(H,17,19). The molecular formula is C14H18BrFN2O2. The molecule has 1 aromatic carbocycles. The van der Waals surface area contributed by atoms with Gasteiger partial charge in [-0.25, -0.2) is 4.39 Å². The average molecular weight is 345 g/mol. The molecule has 1 aliphatic rings. The summed E-state index contributed by atoms with van der Waals surface area (Å²) >= 11 is 3.10. The second-order valence-corrected chi connectivity index (χ2v) is 5.61. The molecule has 1 saturated heterocycles. The van der Waals surface area contributed by atoms with E-state index in [0.29, 0.717) is 18.2 Å². The molecule has 2 rings (SSSR count). The van der Waals surface area contributed by atoms with Gasteiger partial charge >= 0.3 is 0 Å². The molecule has 0 aliphatic carbocycles. The molecule has 20 heavy (non-hydrogen) atoms. The van der Waals surface area contributed by atoms with Gasteiger partial charge in [-0.2, -0.15) is 0 Å². The van der Waals surface area contributed by atoms with Crippen molar-refractivity contribution in [2.75, 3.05) is 32.8 Å². The third kappa shape index (κ3) is 3.77. The largest absolute Gasteiger partial charge is 0.379 e. The minimum absolute atomic E-state index is 0.206. The minimum atomic E-state index is -0.431. The Labute approximate surface area is 126 Å². The van der Waals surface area contributed by atoms with E-state index in [0.717, 1.165) is 26.3 Å². The smallest absolute Gasteiger partial charge is 0.252 e. The Morgan fingerprint density at radius 3 is 3.15 bits per heavy atom. The average Bonchev–Trinajstić information content (AvgIpc) is 2.44. The molecule has 1 unspecified atom stereocenters. The Bertz CT molecular complexity index is 484. The second-order valence-electron chi connectivity index (χ2n) is 4.82. The normalized spacial score (nSPS) is 19.9. The number of ether oxygens (including phenoxy) is 1. The van der Waals surface area contributed by atoms with Crippen molar-refractivity contribution >= 4 is 21.8 Å². The van der Waals surface area contributed by atoms with Crippen molar-refractivity contribution in [2.45, 2.75) is 13.0 Å². The van der Waals surface area contributed by atoms with E-state index in [4.69, 9.17) is 4.74 Å². The first kappa shape index (κ1) is 15.4. The van der Waals surface area contributed by atoms with Gasteiger partial charge in [0, 0.05) is 25.7 Å². The molecule has 1 aromatic rings. The SMILES string of the molecule is CC1COCCN1CCNC(=O)c1cccc(F)c1Br. The van der Waals surface area contributed by atoms with Gasteiger partial charge in [-0.3, -0.25) is 9.69 Å². The zero-order chi connectivity index (χ0) is 14.5. The van der Waals surface area contributed by atoms with Gasteiger partial charge in [0.25, 0.3) is 5.91 Å². The number of carbonyl (C=O) groups excluding carboxylic acids is 1. The molecule has 110 valence electrons. The van der Waals surface area contributed by atoms with Gasteiger partial charge < -0.3 is 10.1 Å². The van der Waals surface area contributed by atoms with E-state index in [9.17, 15) is 9.18 Å². The van der Waals surface area contributed by atoms with Gasteiger partial charge in [0.15, 0.2) is 0 Å². The van der Waals surface area contributed by atoms with Gasteiger partial charge in [0.1, 0.15) is 5.82 Å². The molecule has 1 aliphatic heterocycles. The number of halogens is 2. The summed E-state index contributed by atoms with van der Waals surface area (Å²) < 4.78 is 18.9. The van der Waals surface area contributed by atoms with Crippen LogP contribution in [0.4, 0.5) is 4.39 Å². The first-order valence-electron chi connectivity index (χ1n) is 6.63. The number of hydrogen-bond donors (Lipinski definition) is 1. The van der Waals surface area contributed by atoms with Crippen LogP contribution in [0.5, 0.6) is 0 Å². The van der Waals surface area contributed by atoms with Gasteiger partial charge in [-0.05, 0) is 35.0 Å².